The van der Waals surface area contributed by atoms with Gasteiger partial charge in [0.2, 0.25) is 0 Å². The van der Waals surface area contributed by atoms with Gasteiger partial charge >= 0.3 is 0 Å². The number of hydrogen-bond acceptors (Lipinski definition) is 3. The second kappa shape index (κ2) is 6.39. The summed E-state index contributed by atoms with van der Waals surface area (Å²) in [4.78, 5) is 0. The molecule has 0 aliphatic heterocycles. The number of halogens is 3. The fourth-order valence-corrected chi connectivity index (χ4v) is 1.72. The van der Waals surface area contributed by atoms with Crippen molar-refractivity contribution in [3.63, 3.8) is 0 Å². The summed E-state index contributed by atoms with van der Waals surface area (Å²) < 4.78 is 26.4. The molecule has 0 amide bonds. The third-order valence-corrected chi connectivity index (χ3v) is 2.73. The summed E-state index contributed by atoms with van der Waals surface area (Å²) in [6.45, 7) is 1.84. The van der Waals surface area contributed by atoms with Crippen LogP contribution in [0.15, 0.2) is 17.3 Å². The molecular weight excluding hydrogens is 264 g/mol. The number of oxime groups is 1. The zero-order chi connectivity index (χ0) is 13.7. The molecule has 0 bridgehead atoms. The molecule has 0 heterocycles. The number of rotatable bonds is 5. The van der Waals surface area contributed by atoms with Crippen LogP contribution in [0.2, 0.25) is 5.02 Å². The maximum absolute atomic E-state index is 13.5. The molecule has 1 aromatic rings. The highest BCUT2D eigenvalue weighted by Crippen LogP contribution is 2.27. The van der Waals surface area contributed by atoms with E-state index in [9.17, 15) is 8.78 Å². The molecule has 0 spiro atoms. The molecule has 0 fully saturated rings. The van der Waals surface area contributed by atoms with E-state index in [0.29, 0.717) is 6.42 Å². The quantitative estimate of drug-likeness (QED) is 0.335. The van der Waals surface area contributed by atoms with Gasteiger partial charge in [-0.1, -0.05) is 23.7 Å². The van der Waals surface area contributed by atoms with Gasteiger partial charge in [-0.25, -0.2) is 8.78 Å². The van der Waals surface area contributed by atoms with Crippen molar-refractivity contribution >= 4 is 23.1 Å². The maximum Gasteiger partial charge on any atom is 0.150 e. The monoisotopic (exact) mass is 277 g/mol. The predicted molar refractivity (Wildman–Crippen MR) is 67.1 cm³/mol. The highest BCUT2D eigenvalue weighted by atomic mass is 35.5. The molecule has 4 nitrogen and oxygen atoms in total. The summed E-state index contributed by atoms with van der Waals surface area (Å²) in [5, 5.41) is 14.1. The van der Waals surface area contributed by atoms with Gasteiger partial charge in [0, 0.05) is 18.5 Å². The van der Waals surface area contributed by atoms with Crippen LogP contribution in [0, 0.1) is 11.6 Å². The summed E-state index contributed by atoms with van der Waals surface area (Å²) >= 11 is 5.75. The largest absolute Gasteiger partial charge is 0.409 e. The van der Waals surface area contributed by atoms with Crippen LogP contribution in [-0.4, -0.2) is 17.1 Å². The minimum Gasteiger partial charge on any atom is -0.409 e. The third kappa shape index (κ3) is 3.73. The average Bonchev–Trinajstić information content (AvgIpc) is 2.31. The first kappa shape index (κ1) is 14.5. The lowest BCUT2D eigenvalue weighted by molar-refractivity contribution is 0.316. The Morgan fingerprint density at radius 3 is 2.72 bits per heavy atom. The van der Waals surface area contributed by atoms with Crippen LogP contribution in [0.3, 0.4) is 0 Å². The second-order valence-corrected chi connectivity index (χ2v) is 4.20. The van der Waals surface area contributed by atoms with Crippen LogP contribution in [-0.2, 0) is 0 Å². The Balaban J connectivity index is 2.88. The molecule has 0 saturated heterocycles. The van der Waals surface area contributed by atoms with Gasteiger partial charge in [-0.05, 0) is 12.5 Å². The molecule has 7 heteroatoms. The van der Waals surface area contributed by atoms with Crippen LogP contribution >= 0.6 is 11.6 Å². The number of anilines is 1. The molecular formula is C11H14ClF2N3O. The molecule has 0 saturated carbocycles. The summed E-state index contributed by atoms with van der Waals surface area (Å²) in [6, 6.07) is 1.49. The van der Waals surface area contributed by atoms with E-state index in [-0.39, 0.29) is 29.0 Å². The van der Waals surface area contributed by atoms with Crippen molar-refractivity contribution < 1.29 is 14.0 Å². The van der Waals surface area contributed by atoms with Gasteiger partial charge < -0.3 is 16.3 Å². The van der Waals surface area contributed by atoms with Gasteiger partial charge in [0.25, 0.3) is 0 Å². The van der Waals surface area contributed by atoms with Crippen molar-refractivity contribution in [3.8, 4) is 0 Å². The van der Waals surface area contributed by atoms with Gasteiger partial charge in [-0.3, -0.25) is 0 Å². The van der Waals surface area contributed by atoms with Gasteiger partial charge in [-0.2, -0.15) is 0 Å². The summed E-state index contributed by atoms with van der Waals surface area (Å²) in [5.74, 6) is -1.50. The van der Waals surface area contributed by atoms with Crippen molar-refractivity contribution in [1.82, 2.24) is 0 Å². The van der Waals surface area contributed by atoms with E-state index in [0.717, 1.165) is 12.1 Å². The van der Waals surface area contributed by atoms with Crippen molar-refractivity contribution in [2.24, 2.45) is 10.9 Å². The van der Waals surface area contributed by atoms with Gasteiger partial charge in [0.15, 0.2) is 5.82 Å². The average molecular weight is 278 g/mol. The number of nitrogens with two attached hydrogens (primary N) is 1. The minimum absolute atomic E-state index is 0.00987. The molecule has 1 aromatic carbocycles. The normalized spacial score (nSPS) is 13.4. The Labute approximate surface area is 108 Å². The highest BCUT2D eigenvalue weighted by Gasteiger charge is 2.15. The van der Waals surface area contributed by atoms with E-state index in [2.05, 4.69) is 10.5 Å². The topological polar surface area (TPSA) is 70.6 Å². The SMILES string of the molecule is CCC(CC(N)=NO)Nc1c(F)cc(F)cc1Cl. The highest BCUT2D eigenvalue weighted by molar-refractivity contribution is 6.33. The summed E-state index contributed by atoms with van der Waals surface area (Å²) in [6.07, 6.45) is 0.823. The first-order valence-corrected chi connectivity index (χ1v) is 5.73. The van der Waals surface area contributed by atoms with Crippen molar-refractivity contribution in [1.29, 1.82) is 0 Å². The molecule has 0 aromatic heterocycles. The van der Waals surface area contributed by atoms with E-state index >= 15 is 0 Å². The van der Waals surface area contributed by atoms with Gasteiger partial charge in [-0.15, -0.1) is 0 Å². The molecule has 18 heavy (non-hydrogen) atoms. The number of amidine groups is 1. The van der Waals surface area contributed by atoms with Crippen molar-refractivity contribution in [3.05, 3.63) is 28.8 Å². The first-order valence-electron chi connectivity index (χ1n) is 5.35. The standard InChI is InChI=1S/C11H14ClF2N3O/c1-2-7(5-10(15)17-18)16-11-8(12)3-6(13)4-9(11)14/h3-4,7,16,18H,2,5H2,1H3,(H2,15,17). The molecule has 100 valence electrons. The lowest BCUT2D eigenvalue weighted by Crippen LogP contribution is -2.27. The van der Waals surface area contributed by atoms with Crippen LogP contribution in [0.1, 0.15) is 19.8 Å². The fourth-order valence-electron chi connectivity index (χ4n) is 1.47. The van der Waals surface area contributed by atoms with E-state index in [4.69, 9.17) is 22.5 Å². The lowest BCUT2D eigenvalue weighted by atomic mass is 10.1. The molecule has 1 rings (SSSR count). The first-order chi connectivity index (χ1) is 8.47. The number of nitrogens with zero attached hydrogens (tertiary/aromatic N) is 1. The number of nitrogens with one attached hydrogen (secondary N) is 1. The Hall–Kier alpha value is -1.56. The van der Waals surface area contributed by atoms with Crippen LogP contribution in [0.5, 0.6) is 0 Å². The molecule has 0 aliphatic carbocycles. The summed E-state index contributed by atoms with van der Waals surface area (Å²) in [7, 11) is 0. The van der Waals surface area contributed by atoms with E-state index in [1.165, 1.54) is 0 Å². The Morgan fingerprint density at radius 1 is 1.56 bits per heavy atom. The molecule has 4 N–H and O–H groups in total. The Bertz CT molecular complexity index is 431. The van der Waals surface area contributed by atoms with Crippen LogP contribution < -0.4 is 11.1 Å². The third-order valence-electron chi connectivity index (χ3n) is 2.43. The van der Waals surface area contributed by atoms with E-state index in [1.807, 2.05) is 6.92 Å². The molecule has 0 radical (unpaired) electrons. The Kier molecular flexibility index (Phi) is 5.15. The molecule has 1 atom stereocenters. The smallest absolute Gasteiger partial charge is 0.150 e. The van der Waals surface area contributed by atoms with Gasteiger partial charge in [0.1, 0.15) is 11.7 Å². The van der Waals surface area contributed by atoms with E-state index < -0.39 is 11.6 Å². The second-order valence-electron chi connectivity index (χ2n) is 3.79. The fraction of sp³-hybridized carbons (Fsp3) is 0.364. The Morgan fingerprint density at radius 2 is 2.22 bits per heavy atom. The van der Waals surface area contributed by atoms with Gasteiger partial charge in [0.05, 0.1) is 10.7 Å². The summed E-state index contributed by atoms with van der Waals surface area (Å²) in [5.41, 5.74) is 5.39. The predicted octanol–water partition coefficient (Wildman–Crippen LogP) is 2.95. The molecule has 1 unspecified atom stereocenters. The number of hydrogen-bond donors (Lipinski definition) is 3. The maximum atomic E-state index is 13.5. The number of benzene rings is 1. The lowest BCUT2D eigenvalue weighted by Gasteiger charge is -2.19. The van der Waals surface area contributed by atoms with E-state index in [1.54, 1.807) is 0 Å². The zero-order valence-electron chi connectivity index (χ0n) is 9.75. The van der Waals surface area contributed by atoms with Crippen LogP contribution in [0.4, 0.5) is 14.5 Å². The van der Waals surface area contributed by atoms with Crippen molar-refractivity contribution in [2.45, 2.75) is 25.8 Å². The van der Waals surface area contributed by atoms with Crippen molar-refractivity contribution in [2.75, 3.05) is 5.32 Å². The molecule has 0 aliphatic rings. The zero-order valence-corrected chi connectivity index (χ0v) is 10.5. The minimum atomic E-state index is -0.780. The van der Waals surface area contributed by atoms with Crippen LogP contribution in [0.25, 0.3) is 0 Å².